The summed E-state index contributed by atoms with van der Waals surface area (Å²) in [5, 5.41) is 4.07. The fourth-order valence-electron chi connectivity index (χ4n) is 4.40. The molecule has 0 spiro atoms. The van der Waals surface area contributed by atoms with E-state index in [9.17, 15) is 14.4 Å². The summed E-state index contributed by atoms with van der Waals surface area (Å²) in [5.41, 5.74) is 1.12. The van der Waals surface area contributed by atoms with E-state index in [-0.39, 0.29) is 11.2 Å². The number of nitrogens with one attached hydrogen (secondary N) is 1. The molecule has 0 amide bonds. The van der Waals surface area contributed by atoms with Gasteiger partial charge in [0.15, 0.2) is 5.78 Å². The first kappa shape index (κ1) is 20.0. The molecule has 1 unspecified atom stereocenters. The summed E-state index contributed by atoms with van der Waals surface area (Å²) in [4.78, 5) is 38.9. The molecule has 0 fully saturated rings. The van der Waals surface area contributed by atoms with E-state index in [0.29, 0.717) is 45.4 Å². The van der Waals surface area contributed by atoms with Gasteiger partial charge in [0.05, 0.1) is 5.56 Å². The van der Waals surface area contributed by atoms with Crippen molar-refractivity contribution in [3.63, 3.8) is 0 Å². The summed E-state index contributed by atoms with van der Waals surface area (Å²) in [5.74, 6) is -0.292. The molecular formula is C21H21Cl2N3O3. The van der Waals surface area contributed by atoms with Gasteiger partial charge in [-0.2, -0.15) is 0 Å². The van der Waals surface area contributed by atoms with Crippen molar-refractivity contribution in [3.8, 4) is 0 Å². The van der Waals surface area contributed by atoms with Crippen molar-refractivity contribution in [1.82, 2.24) is 9.13 Å². The molecule has 29 heavy (non-hydrogen) atoms. The van der Waals surface area contributed by atoms with E-state index in [1.54, 1.807) is 25.2 Å². The van der Waals surface area contributed by atoms with Gasteiger partial charge in [-0.25, -0.2) is 4.79 Å². The van der Waals surface area contributed by atoms with E-state index in [0.717, 1.165) is 10.3 Å². The molecule has 0 radical (unpaired) electrons. The minimum absolute atomic E-state index is 0.0266. The Hall–Kier alpha value is -2.31. The van der Waals surface area contributed by atoms with Crippen molar-refractivity contribution in [2.24, 2.45) is 19.5 Å². The predicted molar refractivity (Wildman–Crippen MR) is 114 cm³/mol. The van der Waals surface area contributed by atoms with E-state index >= 15 is 0 Å². The van der Waals surface area contributed by atoms with Crippen molar-refractivity contribution < 1.29 is 4.79 Å². The Morgan fingerprint density at radius 1 is 1.07 bits per heavy atom. The number of hydrogen-bond acceptors (Lipinski definition) is 4. The SMILES string of the molecule is Cn1c2c(c(=O)n(C)c1=O)C(c1ccc(Cl)cc1Cl)C1=C(CC(C)(C)CC1=O)N2. The number of carbonyl (C=O) groups is 1. The number of fused-ring (bicyclic) bond motifs is 1. The Bertz CT molecular complexity index is 1220. The second-order valence-corrected chi connectivity index (χ2v) is 9.37. The molecule has 0 bridgehead atoms. The summed E-state index contributed by atoms with van der Waals surface area (Å²) in [6, 6.07) is 5.03. The van der Waals surface area contributed by atoms with Gasteiger partial charge in [0.25, 0.3) is 5.56 Å². The maximum atomic E-state index is 13.2. The molecule has 4 rings (SSSR count). The van der Waals surface area contributed by atoms with Gasteiger partial charge in [-0.3, -0.25) is 18.7 Å². The van der Waals surface area contributed by atoms with Crippen LogP contribution in [0.4, 0.5) is 5.82 Å². The van der Waals surface area contributed by atoms with Crippen LogP contribution in [0.1, 0.15) is 43.7 Å². The molecule has 2 aromatic rings. The van der Waals surface area contributed by atoms with Crippen LogP contribution in [0.15, 0.2) is 39.1 Å². The Morgan fingerprint density at radius 2 is 1.76 bits per heavy atom. The van der Waals surface area contributed by atoms with Crippen LogP contribution < -0.4 is 16.6 Å². The number of hydrogen-bond donors (Lipinski definition) is 1. The number of benzene rings is 1. The molecule has 6 nitrogen and oxygen atoms in total. The van der Waals surface area contributed by atoms with Crippen LogP contribution >= 0.6 is 23.2 Å². The predicted octanol–water partition coefficient (Wildman–Crippen LogP) is 3.59. The number of carbonyl (C=O) groups excluding carboxylic acids is 1. The van der Waals surface area contributed by atoms with Crippen LogP contribution in [-0.4, -0.2) is 14.9 Å². The van der Waals surface area contributed by atoms with E-state index in [4.69, 9.17) is 23.2 Å². The third-order valence-electron chi connectivity index (χ3n) is 5.74. The van der Waals surface area contributed by atoms with Crippen LogP contribution in [0.25, 0.3) is 0 Å². The topological polar surface area (TPSA) is 73.1 Å². The maximum absolute atomic E-state index is 13.2. The van der Waals surface area contributed by atoms with Gasteiger partial charge >= 0.3 is 5.69 Å². The lowest BCUT2D eigenvalue weighted by Gasteiger charge is -2.39. The number of Topliss-reactive ketones (excluding diaryl/α,β-unsaturated/α-hetero) is 1. The Kier molecular flexibility index (Phi) is 4.55. The van der Waals surface area contributed by atoms with Crippen LogP contribution in [-0.2, 0) is 18.9 Å². The van der Waals surface area contributed by atoms with Gasteiger partial charge in [0.1, 0.15) is 5.82 Å². The van der Waals surface area contributed by atoms with Crippen molar-refractivity contribution >= 4 is 34.8 Å². The Balaban J connectivity index is 2.10. The lowest BCUT2D eigenvalue weighted by molar-refractivity contribution is -0.118. The van der Waals surface area contributed by atoms with Crippen LogP contribution in [0.3, 0.4) is 0 Å². The lowest BCUT2D eigenvalue weighted by Crippen LogP contribution is -2.45. The highest BCUT2D eigenvalue weighted by atomic mass is 35.5. The number of ketones is 1. The molecule has 1 aromatic heterocycles. The number of halogens is 2. The lowest BCUT2D eigenvalue weighted by atomic mass is 9.69. The monoisotopic (exact) mass is 433 g/mol. The number of anilines is 1. The molecule has 1 aromatic carbocycles. The number of rotatable bonds is 1. The zero-order valence-corrected chi connectivity index (χ0v) is 18.1. The molecule has 0 saturated carbocycles. The molecule has 1 aliphatic carbocycles. The highest BCUT2D eigenvalue weighted by Gasteiger charge is 2.43. The van der Waals surface area contributed by atoms with Crippen molar-refractivity contribution in [2.45, 2.75) is 32.6 Å². The van der Waals surface area contributed by atoms with Gasteiger partial charge in [-0.15, -0.1) is 0 Å². The van der Waals surface area contributed by atoms with Crippen molar-refractivity contribution in [2.75, 3.05) is 5.32 Å². The molecule has 152 valence electrons. The summed E-state index contributed by atoms with van der Waals surface area (Å²) in [7, 11) is 3.04. The molecule has 0 saturated heterocycles. The van der Waals surface area contributed by atoms with E-state index < -0.39 is 17.2 Å². The minimum atomic E-state index is -0.667. The van der Waals surface area contributed by atoms with Crippen LogP contribution in [0, 0.1) is 5.41 Å². The van der Waals surface area contributed by atoms with E-state index in [1.165, 1.54) is 11.6 Å². The molecule has 1 atom stereocenters. The van der Waals surface area contributed by atoms with Crippen LogP contribution in [0.2, 0.25) is 10.0 Å². The second kappa shape index (κ2) is 6.61. The van der Waals surface area contributed by atoms with Gasteiger partial charge in [-0.1, -0.05) is 43.1 Å². The highest BCUT2D eigenvalue weighted by Crippen LogP contribution is 2.49. The summed E-state index contributed by atoms with van der Waals surface area (Å²) >= 11 is 12.6. The number of nitrogens with zero attached hydrogens (tertiary/aromatic N) is 2. The van der Waals surface area contributed by atoms with Gasteiger partial charge in [-0.05, 0) is 29.5 Å². The quantitative estimate of drug-likeness (QED) is 0.745. The van der Waals surface area contributed by atoms with E-state index in [2.05, 4.69) is 5.32 Å². The largest absolute Gasteiger partial charge is 0.344 e. The standard InChI is InChI=1S/C21H21Cl2N3O3/c1-21(2)8-13-16(14(27)9-21)15(11-6-5-10(22)7-12(11)23)17-18(24-13)25(3)20(29)26(4)19(17)28/h5-7,15,24H,8-9H2,1-4H3. The second-order valence-electron chi connectivity index (χ2n) is 8.53. The molecule has 2 heterocycles. The smallest absolute Gasteiger partial charge is 0.332 e. The van der Waals surface area contributed by atoms with Crippen molar-refractivity contribution in [1.29, 1.82) is 0 Å². The summed E-state index contributed by atoms with van der Waals surface area (Å²) < 4.78 is 2.46. The average Bonchev–Trinajstić information content (AvgIpc) is 2.62. The molecule has 1 N–H and O–H groups in total. The average molecular weight is 434 g/mol. The van der Waals surface area contributed by atoms with Crippen LogP contribution in [0.5, 0.6) is 0 Å². The zero-order valence-electron chi connectivity index (χ0n) is 16.6. The first-order chi connectivity index (χ1) is 13.5. The Labute approximate surface area is 177 Å². The minimum Gasteiger partial charge on any atom is -0.344 e. The molecule has 8 heteroatoms. The maximum Gasteiger partial charge on any atom is 0.332 e. The highest BCUT2D eigenvalue weighted by molar-refractivity contribution is 6.35. The number of allylic oxidation sites excluding steroid dienone is 2. The number of aromatic nitrogens is 2. The fourth-order valence-corrected chi connectivity index (χ4v) is 4.91. The Morgan fingerprint density at radius 3 is 2.41 bits per heavy atom. The summed E-state index contributed by atoms with van der Waals surface area (Å²) in [6.07, 6.45) is 0.995. The van der Waals surface area contributed by atoms with Gasteiger partial charge in [0, 0.05) is 47.7 Å². The molecule has 1 aliphatic heterocycles. The fraction of sp³-hybridized carbons (Fsp3) is 0.381. The summed E-state index contributed by atoms with van der Waals surface area (Å²) in [6.45, 7) is 4.05. The van der Waals surface area contributed by atoms with Crippen molar-refractivity contribution in [3.05, 3.63) is 71.5 Å². The normalized spacial score (nSPS) is 20.2. The van der Waals surface area contributed by atoms with Gasteiger partial charge in [0.2, 0.25) is 0 Å². The first-order valence-corrected chi connectivity index (χ1v) is 10.1. The first-order valence-electron chi connectivity index (χ1n) is 9.30. The third-order valence-corrected chi connectivity index (χ3v) is 6.30. The van der Waals surface area contributed by atoms with E-state index in [1.807, 2.05) is 13.8 Å². The molecule has 2 aliphatic rings. The zero-order chi connectivity index (χ0) is 21.2. The third kappa shape index (κ3) is 3.06. The van der Waals surface area contributed by atoms with Gasteiger partial charge < -0.3 is 5.32 Å². The molecular weight excluding hydrogens is 413 g/mol.